The number of fused-ring (bicyclic) bond motifs is 1. The molecule has 7 nitrogen and oxygen atoms in total. The number of nitrogens with one attached hydrogen (secondary N) is 1. The largest absolute Gasteiger partial charge is 0.453 e. The normalized spacial score (nSPS) is 13.6. The average Bonchev–Trinajstić information content (AvgIpc) is 2.86. The number of anilines is 1. The first-order chi connectivity index (χ1) is 16.1. The highest BCUT2D eigenvalue weighted by Gasteiger charge is 2.14. The minimum absolute atomic E-state index is 0.0725. The Balaban J connectivity index is 1.49. The van der Waals surface area contributed by atoms with Crippen LogP contribution >= 0.6 is 0 Å². The summed E-state index contributed by atoms with van der Waals surface area (Å²) in [7, 11) is 0. The van der Waals surface area contributed by atoms with E-state index in [9.17, 15) is 14.4 Å². The van der Waals surface area contributed by atoms with Crippen molar-refractivity contribution in [2.24, 2.45) is 0 Å². The zero-order valence-electron chi connectivity index (χ0n) is 17.7. The van der Waals surface area contributed by atoms with Crippen LogP contribution in [0.3, 0.4) is 0 Å². The van der Waals surface area contributed by atoms with Gasteiger partial charge in [0.25, 0.3) is 5.56 Å². The molecular formula is C25H20FN5O2. The van der Waals surface area contributed by atoms with Crippen molar-refractivity contribution in [3.63, 3.8) is 0 Å². The van der Waals surface area contributed by atoms with E-state index in [0.717, 1.165) is 31.9 Å². The number of piperazine rings is 1. The van der Waals surface area contributed by atoms with Crippen LogP contribution in [0.2, 0.25) is 0 Å². The van der Waals surface area contributed by atoms with Gasteiger partial charge in [0.2, 0.25) is 0 Å². The number of nitrogens with zero attached hydrogens (tertiary/aromatic N) is 4. The average molecular weight is 441 g/mol. The molecule has 164 valence electrons. The maximum Gasteiger partial charge on any atom is 0.265 e. The monoisotopic (exact) mass is 441 g/mol. The molecule has 1 aromatic heterocycles. The molecule has 1 aliphatic rings. The number of ether oxygens (including phenoxy) is 1. The van der Waals surface area contributed by atoms with Crippen LogP contribution < -0.4 is 20.5 Å². The molecule has 0 saturated carbocycles. The summed E-state index contributed by atoms with van der Waals surface area (Å²) >= 11 is 0. The molecule has 3 aromatic carbocycles. The second kappa shape index (κ2) is 8.73. The molecule has 1 aliphatic heterocycles. The summed E-state index contributed by atoms with van der Waals surface area (Å²) in [6.45, 7) is 3.77. The first-order valence-corrected chi connectivity index (χ1v) is 10.6. The van der Waals surface area contributed by atoms with Gasteiger partial charge in [-0.2, -0.15) is 5.26 Å². The Kier molecular flexibility index (Phi) is 5.47. The Hall–Kier alpha value is -4.22. The summed E-state index contributed by atoms with van der Waals surface area (Å²) < 4.78 is 21.3. The second-order valence-electron chi connectivity index (χ2n) is 7.68. The predicted molar refractivity (Wildman–Crippen MR) is 124 cm³/mol. The Bertz CT molecular complexity index is 1420. The lowest BCUT2D eigenvalue weighted by molar-refractivity contribution is 0.441. The van der Waals surface area contributed by atoms with E-state index < -0.39 is 5.82 Å². The minimum atomic E-state index is -0.651. The van der Waals surface area contributed by atoms with E-state index in [4.69, 9.17) is 4.74 Å². The van der Waals surface area contributed by atoms with E-state index in [0.29, 0.717) is 16.6 Å². The summed E-state index contributed by atoms with van der Waals surface area (Å²) in [6.07, 6.45) is 1.50. The van der Waals surface area contributed by atoms with Crippen LogP contribution in [-0.4, -0.2) is 35.7 Å². The molecule has 8 heteroatoms. The van der Waals surface area contributed by atoms with E-state index in [1.807, 2.05) is 30.3 Å². The predicted octanol–water partition coefficient (Wildman–Crippen LogP) is 3.60. The number of nitriles is 1. The molecule has 0 spiro atoms. The fraction of sp³-hybridized carbons (Fsp3) is 0.160. The lowest BCUT2D eigenvalue weighted by Gasteiger charge is -2.29. The lowest BCUT2D eigenvalue weighted by Crippen LogP contribution is -2.43. The molecule has 0 unspecified atom stereocenters. The molecule has 0 aliphatic carbocycles. The molecule has 0 radical (unpaired) electrons. The molecule has 0 bridgehead atoms. The minimum Gasteiger partial charge on any atom is -0.453 e. The van der Waals surface area contributed by atoms with Crippen molar-refractivity contribution in [2.75, 3.05) is 31.1 Å². The third kappa shape index (κ3) is 4.02. The van der Waals surface area contributed by atoms with Crippen LogP contribution in [0, 0.1) is 17.1 Å². The van der Waals surface area contributed by atoms with Crippen molar-refractivity contribution in [1.82, 2.24) is 14.9 Å². The van der Waals surface area contributed by atoms with E-state index >= 15 is 0 Å². The van der Waals surface area contributed by atoms with Gasteiger partial charge in [-0.3, -0.25) is 9.36 Å². The number of para-hydroxylation sites is 1. The van der Waals surface area contributed by atoms with Crippen LogP contribution in [0.15, 0.2) is 71.8 Å². The molecule has 4 aromatic rings. The number of halogens is 1. The van der Waals surface area contributed by atoms with Crippen LogP contribution in [-0.2, 0) is 0 Å². The summed E-state index contributed by atoms with van der Waals surface area (Å²) in [6, 6.07) is 18.6. The highest BCUT2D eigenvalue weighted by atomic mass is 19.1. The second-order valence-corrected chi connectivity index (χ2v) is 7.68. The maximum atomic E-state index is 14.2. The number of hydrogen-bond acceptors (Lipinski definition) is 6. The molecule has 33 heavy (non-hydrogen) atoms. The molecule has 1 saturated heterocycles. The highest BCUT2D eigenvalue weighted by Crippen LogP contribution is 2.29. The van der Waals surface area contributed by atoms with Gasteiger partial charge < -0.3 is 15.0 Å². The SMILES string of the molecule is N#Cc1cccc(F)c1Oc1ccc2ncn(-c3ccc(N4CCNCC4)cc3)c(=O)c2c1. The number of benzene rings is 3. The van der Waals surface area contributed by atoms with Crippen molar-refractivity contribution in [3.05, 3.63) is 88.7 Å². The van der Waals surface area contributed by atoms with Crippen molar-refractivity contribution < 1.29 is 9.13 Å². The fourth-order valence-electron chi connectivity index (χ4n) is 3.91. The van der Waals surface area contributed by atoms with Crippen molar-refractivity contribution in [3.8, 4) is 23.3 Å². The number of rotatable bonds is 4. The first-order valence-electron chi connectivity index (χ1n) is 10.6. The Morgan fingerprint density at radius 1 is 1.03 bits per heavy atom. The van der Waals surface area contributed by atoms with Crippen LogP contribution in [0.5, 0.6) is 11.5 Å². The van der Waals surface area contributed by atoms with Gasteiger partial charge in [0.05, 0.1) is 22.2 Å². The van der Waals surface area contributed by atoms with Crippen molar-refractivity contribution in [1.29, 1.82) is 5.26 Å². The zero-order valence-corrected chi connectivity index (χ0v) is 17.7. The van der Waals surface area contributed by atoms with Crippen LogP contribution in [0.4, 0.5) is 10.1 Å². The summed E-state index contributed by atoms with van der Waals surface area (Å²) in [4.78, 5) is 19.9. The molecule has 5 rings (SSSR count). The molecule has 2 heterocycles. The van der Waals surface area contributed by atoms with Crippen LogP contribution in [0.25, 0.3) is 16.6 Å². The molecule has 1 fully saturated rings. The van der Waals surface area contributed by atoms with Gasteiger partial charge in [-0.25, -0.2) is 9.37 Å². The van der Waals surface area contributed by atoms with E-state index in [1.54, 1.807) is 12.1 Å². The van der Waals surface area contributed by atoms with E-state index in [-0.39, 0.29) is 22.6 Å². The third-order valence-corrected chi connectivity index (χ3v) is 5.65. The lowest BCUT2D eigenvalue weighted by atomic mass is 10.2. The van der Waals surface area contributed by atoms with E-state index in [1.165, 1.54) is 35.2 Å². The van der Waals surface area contributed by atoms with E-state index in [2.05, 4.69) is 15.2 Å². The molecular weight excluding hydrogens is 421 g/mol. The molecule has 0 amide bonds. The number of aromatic nitrogens is 2. The topological polar surface area (TPSA) is 83.2 Å². The standard InChI is InChI=1S/C25H20FN5O2/c26-22-3-1-2-17(15-27)24(22)33-20-8-9-23-21(14-20)25(32)31(16-29-23)19-6-4-18(5-7-19)30-12-10-28-11-13-30/h1-9,14,16,28H,10-13H2. The van der Waals surface area contributed by atoms with Gasteiger partial charge in [-0.1, -0.05) is 6.07 Å². The van der Waals surface area contributed by atoms with Gasteiger partial charge in [0, 0.05) is 31.9 Å². The summed E-state index contributed by atoms with van der Waals surface area (Å²) in [5.41, 5.74) is 2.10. The zero-order chi connectivity index (χ0) is 22.8. The van der Waals surface area contributed by atoms with Crippen LogP contribution in [0.1, 0.15) is 5.56 Å². The van der Waals surface area contributed by atoms with Gasteiger partial charge in [0.15, 0.2) is 11.6 Å². The van der Waals surface area contributed by atoms with Crippen molar-refractivity contribution >= 4 is 16.6 Å². The Morgan fingerprint density at radius 3 is 2.55 bits per heavy atom. The Morgan fingerprint density at radius 2 is 1.79 bits per heavy atom. The molecule has 0 atom stereocenters. The molecule has 1 N–H and O–H groups in total. The third-order valence-electron chi connectivity index (χ3n) is 5.65. The first kappa shape index (κ1) is 20.7. The smallest absolute Gasteiger partial charge is 0.265 e. The number of hydrogen-bond donors (Lipinski definition) is 1. The van der Waals surface area contributed by atoms with Gasteiger partial charge in [-0.15, -0.1) is 0 Å². The quantitative estimate of drug-likeness (QED) is 0.521. The summed E-state index contributed by atoms with van der Waals surface area (Å²) in [5, 5.41) is 12.9. The summed E-state index contributed by atoms with van der Waals surface area (Å²) in [5.74, 6) is -0.579. The maximum absolute atomic E-state index is 14.2. The highest BCUT2D eigenvalue weighted by molar-refractivity contribution is 5.79. The Labute approximate surface area is 189 Å². The fourth-order valence-corrected chi connectivity index (χ4v) is 3.91. The van der Waals surface area contributed by atoms with Gasteiger partial charge in [-0.05, 0) is 54.6 Å². The van der Waals surface area contributed by atoms with Crippen molar-refractivity contribution in [2.45, 2.75) is 0 Å². The van der Waals surface area contributed by atoms with Gasteiger partial charge in [0.1, 0.15) is 18.1 Å². The van der Waals surface area contributed by atoms with Gasteiger partial charge >= 0.3 is 0 Å².